The van der Waals surface area contributed by atoms with Gasteiger partial charge in [0.1, 0.15) is 0 Å². The van der Waals surface area contributed by atoms with E-state index in [0.717, 1.165) is 38.0 Å². The highest BCUT2D eigenvalue weighted by Crippen LogP contribution is 2.46. The van der Waals surface area contributed by atoms with Crippen LogP contribution in [0, 0.1) is 11.8 Å². The standard InChI is InChI=1S/C8H10.C4H10N2.C2H6.ClH/c1-6-3-2-4-7-5-8(6)7;1-2-6-4-3-5-1;1-2;/h2-4,7-8H,5H2,1H3;5-6H,1-4H2;1-2H3;1H. The van der Waals surface area contributed by atoms with Crippen LogP contribution in [0.5, 0.6) is 0 Å². The minimum absolute atomic E-state index is 0. The van der Waals surface area contributed by atoms with Crippen LogP contribution in [0.25, 0.3) is 0 Å². The minimum atomic E-state index is 0. The number of halogens is 1. The zero-order chi connectivity index (χ0) is 11.8. The molecule has 2 unspecified atom stereocenters. The first-order valence-corrected chi connectivity index (χ1v) is 6.64. The summed E-state index contributed by atoms with van der Waals surface area (Å²) in [6, 6.07) is 0. The molecular formula is C14H27ClN2. The van der Waals surface area contributed by atoms with Crippen LogP contribution in [0.15, 0.2) is 23.8 Å². The van der Waals surface area contributed by atoms with Crippen LogP contribution >= 0.6 is 12.4 Å². The molecule has 2 fully saturated rings. The van der Waals surface area contributed by atoms with Gasteiger partial charge in [0.25, 0.3) is 0 Å². The molecule has 0 radical (unpaired) electrons. The Balaban J connectivity index is 0.000000258. The maximum atomic E-state index is 3.22. The topological polar surface area (TPSA) is 24.1 Å². The molecule has 2 aliphatic carbocycles. The summed E-state index contributed by atoms with van der Waals surface area (Å²) in [7, 11) is 0. The molecule has 2 nitrogen and oxygen atoms in total. The van der Waals surface area contributed by atoms with Gasteiger partial charge < -0.3 is 10.6 Å². The Labute approximate surface area is 112 Å². The van der Waals surface area contributed by atoms with Crippen LogP contribution in [-0.2, 0) is 0 Å². The second-order valence-corrected chi connectivity index (χ2v) is 4.30. The van der Waals surface area contributed by atoms with Gasteiger partial charge in [-0.1, -0.05) is 37.6 Å². The quantitative estimate of drug-likeness (QED) is 0.698. The van der Waals surface area contributed by atoms with Crippen molar-refractivity contribution in [2.75, 3.05) is 26.2 Å². The number of hydrogen-bond acceptors (Lipinski definition) is 2. The third kappa shape index (κ3) is 6.25. The van der Waals surface area contributed by atoms with Gasteiger partial charge in [0.2, 0.25) is 0 Å². The van der Waals surface area contributed by atoms with Crippen LogP contribution in [0.1, 0.15) is 27.2 Å². The fraction of sp³-hybridized carbons (Fsp3) is 0.714. The van der Waals surface area contributed by atoms with Crippen molar-refractivity contribution in [3.8, 4) is 0 Å². The van der Waals surface area contributed by atoms with E-state index in [2.05, 4.69) is 35.8 Å². The summed E-state index contributed by atoms with van der Waals surface area (Å²) >= 11 is 0. The van der Waals surface area contributed by atoms with E-state index in [1.54, 1.807) is 5.57 Å². The predicted octanol–water partition coefficient (Wildman–Crippen LogP) is 2.77. The third-order valence-electron chi connectivity index (χ3n) is 3.10. The lowest BCUT2D eigenvalue weighted by Crippen LogP contribution is -2.39. The van der Waals surface area contributed by atoms with E-state index < -0.39 is 0 Å². The molecule has 3 heteroatoms. The molecule has 3 rings (SSSR count). The number of hydrogen-bond donors (Lipinski definition) is 2. The Morgan fingerprint density at radius 1 is 1.06 bits per heavy atom. The van der Waals surface area contributed by atoms with Gasteiger partial charge in [-0.25, -0.2) is 0 Å². The van der Waals surface area contributed by atoms with Gasteiger partial charge in [-0.15, -0.1) is 12.4 Å². The average Bonchev–Trinajstić information content (AvgIpc) is 3.16. The van der Waals surface area contributed by atoms with Gasteiger partial charge in [0.05, 0.1) is 0 Å². The number of rotatable bonds is 0. The summed E-state index contributed by atoms with van der Waals surface area (Å²) in [5.74, 6) is 1.87. The van der Waals surface area contributed by atoms with Crippen LogP contribution in [-0.4, -0.2) is 26.2 Å². The van der Waals surface area contributed by atoms with Crippen molar-refractivity contribution in [2.45, 2.75) is 27.2 Å². The highest BCUT2D eigenvalue weighted by atomic mass is 35.5. The van der Waals surface area contributed by atoms with Crippen molar-refractivity contribution in [3.05, 3.63) is 23.8 Å². The van der Waals surface area contributed by atoms with Crippen molar-refractivity contribution in [1.82, 2.24) is 10.6 Å². The Kier molecular flexibility index (Phi) is 9.52. The van der Waals surface area contributed by atoms with E-state index in [-0.39, 0.29) is 12.4 Å². The Morgan fingerprint density at radius 2 is 1.59 bits per heavy atom. The second kappa shape index (κ2) is 9.69. The first-order valence-electron chi connectivity index (χ1n) is 6.64. The van der Waals surface area contributed by atoms with Gasteiger partial charge in [-0.3, -0.25) is 0 Å². The highest BCUT2D eigenvalue weighted by molar-refractivity contribution is 5.85. The molecule has 2 atom stereocenters. The molecule has 1 saturated carbocycles. The van der Waals surface area contributed by atoms with Gasteiger partial charge in [-0.05, 0) is 25.2 Å². The van der Waals surface area contributed by atoms with Crippen LogP contribution in [0.4, 0.5) is 0 Å². The summed E-state index contributed by atoms with van der Waals surface area (Å²) in [5.41, 5.74) is 1.58. The molecule has 0 aromatic rings. The van der Waals surface area contributed by atoms with Crippen molar-refractivity contribution < 1.29 is 0 Å². The number of fused-ring (bicyclic) bond motifs is 1. The van der Waals surface area contributed by atoms with Crippen LogP contribution in [0.3, 0.4) is 0 Å². The fourth-order valence-corrected chi connectivity index (χ4v) is 2.03. The normalized spacial score (nSPS) is 28.1. The summed E-state index contributed by atoms with van der Waals surface area (Å²) in [6.07, 6.45) is 8.15. The van der Waals surface area contributed by atoms with Crippen molar-refractivity contribution >= 4 is 12.4 Å². The summed E-state index contributed by atoms with van der Waals surface area (Å²) in [6.45, 7) is 10.8. The lowest BCUT2D eigenvalue weighted by molar-refractivity contribution is 0.534. The molecule has 1 heterocycles. The number of allylic oxidation sites excluding steroid dienone is 4. The van der Waals surface area contributed by atoms with Crippen LogP contribution in [0.2, 0.25) is 0 Å². The molecule has 0 spiro atoms. The first-order chi connectivity index (χ1) is 7.88. The van der Waals surface area contributed by atoms with Gasteiger partial charge >= 0.3 is 0 Å². The average molecular weight is 259 g/mol. The van der Waals surface area contributed by atoms with Gasteiger partial charge in [-0.2, -0.15) is 0 Å². The van der Waals surface area contributed by atoms with Gasteiger partial charge in [0, 0.05) is 26.2 Å². The SMILES string of the molecule is C1CNCCN1.CC.CC1=CC=CC2CC12.Cl. The van der Waals surface area contributed by atoms with Crippen molar-refractivity contribution in [2.24, 2.45) is 11.8 Å². The largest absolute Gasteiger partial charge is 0.314 e. The maximum absolute atomic E-state index is 3.22. The smallest absolute Gasteiger partial charge is 0.00772 e. The summed E-state index contributed by atoms with van der Waals surface area (Å²) in [4.78, 5) is 0. The highest BCUT2D eigenvalue weighted by Gasteiger charge is 2.36. The zero-order valence-electron chi connectivity index (χ0n) is 11.3. The van der Waals surface area contributed by atoms with Gasteiger partial charge in [0.15, 0.2) is 0 Å². The molecule has 0 amide bonds. The second-order valence-electron chi connectivity index (χ2n) is 4.30. The number of nitrogens with one attached hydrogen (secondary N) is 2. The maximum Gasteiger partial charge on any atom is 0.00772 e. The van der Waals surface area contributed by atoms with E-state index in [0.29, 0.717) is 0 Å². The number of piperazine rings is 1. The van der Waals surface area contributed by atoms with Crippen molar-refractivity contribution in [1.29, 1.82) is 0 Å². The van der Waals surface area contributed by atoms with E-state index in [9.17, 15) is 0 Å². The minimum Gasteiger partial charge on any atom is -0.314 e. The fourth-order valence-electron chi connectivity index (χ4n) is 2.03. The van der Waals surface area contributed by atoms with Crippen molar-refractivity contribution in [3.63, 3.8) is 0 Å². The molecule has 1 aliphatic heterocycles. The van der Waals surface area contributed by atoms with E-state index in [4.69, 9.17) is 0 Å². The summed E-state index contributed by atoms with van der Waals surface area (Å²) in [5, 5.41) is 6.44. The Morgan fingerprint density at radius 3 is 1.94 bits per heavy atom. The third-order valence-corrected chi connectivity index (χ3v) is 3.10. The first kappa shape index (κ1) is 16.7. The molecule has 0 aromatic heterocycles. The Hall–Kier alpha value is -0.310. The van der Waals surface area contributed by atoms with E-state index in [1.807, 2.05) is 13.8 Å². The zero-order valence-corrected chi connectivity index (χ0v) is 12.1. The molecule has 3 aliphatic rings. The van der Waals surface area contributed by atoms with E-state index >= 15 is 0 Å². The lowest BCUT2D eigenvalue weighted by Gasteiger charge is -2.11. The van der Waals surface area contributed by atoms with E-state index in [1.165, 1.54) is 6.42 Å². The molecule has 0 aromatic carbocycles. The molecular weight excluding hydrogens is 232 g/mol. The molecule has 2 N–H and O–H groups in total. The lowest BCUT2D eigenvalue weighted by atomic mass is 10.1. The molecule has 100 valence electrons. The Bertz CT molecular complexity index is 233. The predicted molar refractivity (Wildman–Crippen MR) is 78.8 cm³/mol. The van der Waals surface area contributed by atoms with Crippen LogP contribution < -0.4 is 10.6 Å². The summed E-state index contributed by atoms with van der Waals surface area (Å²) < 4.78 is 0. The molecule has 1 saturated heterocycles. The molecule has 0 bridgehead atoms. The monoisotopic (exact) mass is 258 g/mol. The molecule has 17 heavy (non-hydrogen) atoms.